The number of carbonyl (C=O) groups is 1. The monoisotopic (exact) mass is 242 g/mol. The number of benzene rings is 2. The quantitative estimate of drug-likeness (QED) is 0.646. The Bertz CT molecular complexity index is 478. The molecule has 0 heterocycles. The van der Waals surface area contributed by atoms with Crippen molar-refractivity contribution in [2.24, 2.45) is 0 Å². The maximum atomic E-state index is 10.5. The highest BCUT2D eigenvalue weighted by atomic mass is 17.1. The second kappa shape index (κ2) is 7.81. The van der Waals surface area contributed by atoms with Crippen LogP contribution in [-0.4, -0.2) is 11.2 Å². The van der Waals surface area contributed by atoms with Crippen LogP contribution in [0.15, 0.2) is 67.2 Å². The van der Waals surface area contributed by atoms with Crippen LogP contribution in [0.3, 0.4) is 0 Å². The lowest BCUT2D eigenvalue weighted by atomic mass is 10.2. The third-order valence-corrected chi connectivity index (χ3v) is 2.13. The Kier molecular flexibility index (Phi) is 5.94. The Balaban J connectivity index is 0.000000184. The predicted octanol–water partition coefficient (Wildman–Crippen LogP) is 3.65. The summed E-state index contributed by atoms with van der Waals surface area (Å²) in [6.45, 7) is 3.63. The molecule has 0 amide bonds. The van der Waals surface area contributed by atoms with Gasteiger partial charge in [0.1, 0.15) is 0 Å². The fraction of sp³-hybridized carbons (Fsp3) is 0. The third kappa shape index (κ3) is 4.63. The fourth-order valence-corrected chi connectivity index (χ4v) is 1.22. The van der Waals surface area contributed by atoms with Crippen molar-refractivity contribution in [3.63, 3.8) is 0 Å². The van der Waals surface area contributed by atoms with Gasteiger partial charge in [0, 0.05) is 0 Å². The molecule has 1 N–H and O–H groups in total. The molecule has 3 heteroatoms. The summed E-state index contributed by atoms with van der Waals surface area (Å²) in [6.07, 6.45) is 1.83. The Hall–Kier alpha value is -2.39. The van der Waals surface area contributed by atoms with E-state index in [-0.39, 0.29) is 0 Å². The minimum absolute atomic E-state index is 0.338. The summed E-state index contributed by atoms with van der Waals surface area (Å²) in [4.78, 5) is 14.0. The largest absolute Gasteiger partial charge is 0.372 e. The van der Waals surface area contributed by atoms with Crippen molar-refractivity contribution >= 4 is 12.0 Å². The minimum Gasteiger partial charge on any atom is -0.296 e. The molecule has 0 radical (unpaired) electrons. The maximum Gasteiger partial charge on any atom is 0.372 e. The van der Waals surface area contributed by atoms with Crippen LogP contribution < -0.4 is 0 Å². The molecule has 18 heavy (non-hydrogen) atoms. The van der Waals surface area contributed by atoms with Gasteiger partial charge in [0.15, 0.2) is 0 Å². The molecule has 0 bridgehead atoms. The molecule has 0 fully saturated rings. The maximum absolute atomic E-state index is 10.5. The zero-order chi connectivity index (χ0) is 13.2. The van der Waals surface area contributed by atoms with Crippen molar-refractivity contribution in [1.29, 1.82) is 0 Å². The molecule has 0 aliphatic carbocycles. The molecule has 2 aromatic carbocycles. The van der Waals surface area contributed by atoms with Crippen LogP contribution in [0.4, 0.5) is 0 Å². The summed E-state index contributed by atoms with van der Waals surface area (Å²) in [6, 6.07) is 18.3. The van der Waals surface area contributed by atoms with E-state index in [4.69, 9.17) is 5.26 Å². The van der Waals surface area contributed by atoms with Crippen molar-refractivity contribution in [2.75, 3.05) is 0 Å². The van der Waals surface area contributed by atoms with Crippen LogP contribution in [0, 0.1) is 0 Å². The van der Waals surface area contributed by atoms with Gasteiger partial charge in [0.25, 0.3) is 0 Å². The van der Waals surface area contributed by atoms with Crippen molar-refractivity contribution < 1.29 is 14.9 Å². The standard InChI is InChI=1S/C8H8.C7H6O3/c1-2-8-6-4-3-5-7-8;8-7(10-9)6-4-2-1-3-5-6/h2-7H,1H2;1-5,9H. The van der Waals surface area contributed by atoms with Gasteiger partial charge in [-0.2, -0.15) is 5.26 Å². The SMILES string of the molecule is C=Cc1ccccc1.O=C(OO)c1ccccc1. The van der Waals surface area contributed by atoms with E-state index >= 15 is 0 Å². The average molecular weight is 242 g/mol. The number of hydrogen-bond donors (Lipinski definition) is 1. The predicted molar refractivity (Wildman–Crippen MR) is 71.0 cm³/mol. The zero-order valence-electron chi connectivity index (χ0n) is 9.82. The van der Waals surface area contributed by atoms with Crippen LogP contribution in [0.5, 0.6) is 0 Å². The van der Waals surface area contributed by atoms with E-state index in [1.165, 1.54) is 5.56 Å². The Morgan fingerprint density at radius 1 is 1.00 bits per heavy atom. The van der Waals surface area contributed by atoms with E-state index in [1.807, 2.05) is 36.4 Å². The van der Waals surface area contributed by atoms with Crippen LogP contribution in [0.25, 0.3) is 6.08 Å². The fourth-order valence-electron chi connectivity index (χ4n) is 1.22. The highest BCUT2D eigenvalue weighted by Gasteiger charge is 2.02. The normalized spacial score (nSPS) is 8.72. The second-order valence-corrected chi connectivity index (χ2v) is 3.36. The number of hydrogen-bond acceptors (Lipinski definition) is 3. The summed E-state index contributed by atoms with van der Waals surface area (Å²) < 4.78 is 0. The molecule has 0 aliphatic heterocycles. The van der Waals surface area contributed by atoms with Crippen LogP contribution in [0.1, 0.15) is 15.9 Å². The van der Waals surface area contributed by atoms with Crippen molar-refractivity contribution in [3.05, 3.63) is 78.4 Å². The summed E-state index contributed by atoms with van der Waals surface area (Å²) in [5, 5.41) is 7.94. The van der Waals surface area contributed by atoms with Crippen molar-refractivity contribution in [2.45, 2.75) is 0 Å². The molecule has 2 rings (SSSR count). The molecule has 92 valence electrons. The van der Waals surface area contributed by atoms with Gasteiger partial charge in [-0.3, -0.25) is 4.89 Å². The average Bonchev–Trinajstić information content (AvgIpc) is 2.49. The molecule has 3 nitrogen and oxygen atoms in total. The smallest absolute Gasteiger partial charge is 0.296 e. The Labute approximate surface area is 106 Å². The minimum atomic E-state index is -0.736. The Morgan fingerprint density at radius 2 is 1.50 bits per heavy atom. The zero-order valence-corrected chi connectivity index (χ0v) is 9.82. The molecule has 0 atom stereocenters. The molecule has 0 saturated heterocycles. The summed E-state index contributed by atoms with van der Waals surface area (Å²) >= 11 is 0. The van der Waals surface area contributed by atoms with Gasteiger partial charge in [-0.15, -0.1) is 0 Å². The Morgan fingerprint density at radius 3 is 1.89 bits per heavy atom. The van der Waals surface area contributed by atoms with Crippen LogP contribution in [-0.2, 0) is 4.89 Å². The van der Waals surface area contributed by atoms with E-state index in [1.54, 1.807) is 30.3 Å². The van der Waals surface area contributed by atoms with Crippen LogP contribution in [0.2, 0.25) is 0 Å². The topological polar surface area (TPSA) is 46.5 Å². The van der Waals surface area contributed by atoms with Gasteiger partial charge in [-0.05, 0) is 17.7 Å². The molecule has 2 aromatic rings. The van der Waals surface area contributed by atoms with Gasteiger partial charge in [0.05, 0.1) is 5.56 Å². The van der Waals surface area contributed by atoms with E-state index in [2.05, 4.69) is 11.5 Å². The van der Waals surface area contributed by atoms with Gasteiger partial charge in [0.2, 0.25) is 0 Å². The van der Waals surface area contributed by atoms with E-state index < -0.39 is 5.97 Å². The lowest BCUT2D eigenvalue weighted by molar-refractivity contribution is -0.182. The highest BCUT2D eigenvalue weighted by Crippen LogP contribution is 1.99. The third-order valence-electron chi connectivity index (χ3n) is 2.13. The first-order valence-corrected chi connectivity index (χ1v) is 5.36. The molecule has 0 spiro atoms. The molecular formula is C15H14O3. The van der Waals surface area contributed by atoms with Crippen LogP contribution >= 0.6 is 0 Å². The van der Waals surface area contributed by atoms with Gasteiger partial charge in [-0.1, -0.05) is 61.2 Å². The first-order chi connectivity index (χ1) is 8.77. The van der Waals surface area contributed by atoms with E-state index in [0.717, 1.165) is 0 Å². The van der Waals surface area contributed by atoms with Crippen molar-refractivity contribution in [1.82, 2.24) is 0 Å². The second-order valence-electron chi connectivity index (χ2n) is 3.36. The van der Waals surface area contributed by atoms with E-state index in [9.17, 15) is 4.79 Å². The first-order valence-electron chi connectivity index (χ1n) is 5.36. The molecular weight excluding hydrogens is 228 g/mol. The van der Waals surface area contributed by atoms with Crippen molar-refractivity contribution in [3.8, 4) is 0 Å². The molecule has 0 aliphatic rings. The van der Waals surface area contributed by atoms with Gasteiger partial charge < -0.3 is 0 Å². The number of carbonyl (C=O) groups excluding carboxylic acids is 1. The van der Waals surface area contributed by atoms with E-state index in [0.29, 0.717) is 5.56 Å². The van der Waals surface area contributed by atoms with Gasteiger partial charge >= 0.3 is 5.97 Å². The molecule has 0 aromatic heterocycles. The summed E-state index contributed by atoms with van der Waals surface area (Å²) in [5.74, 6) is -0.736. The van der Waals surface area contributed by atoms with Gasteiger partial charge in [-0.25, -0.2) is 4.79 Å². The highest BCUT2D eigenvalue weighted by molar-refractivity contribution is 5.88. The first kappa shape index (κ1) is 13.7. The lowest BCUT2D eigenvalue weighted by Gasteiger charge is -1.92. The summed E-state index contributed by atoms with van der Waals surface area (Å²) in [5.41, 5.74) is 1.51. The molecule has 0 saturated carbocycles. The summed E-state index contributed by atoms with van der Waals surface area (Å²) in [7, 11) is 0. The lowest BCUT2D eigenvalue weighted by Crippen LogP contribution is -2.00. The molecule has 0 unspecified atom stereocenters. The number of rotatable bonds is 2.